The summed E-state index contributed by atoms with van der Waals surface area (Å²) >= 11 is 0. The van der Waals surface area contributed by atoms with E-state index < -0.39 is 142 Å². The number of alkyl halides is 18. The van der Waals surface area contributed by atoms with Gasteiger partial charge in [-0.25, -0.2) is 0 Å². The summed E-state index contributed by atoms with van der Waals surface area (Å²) in [6.07, 6.45) is -35.4. The molecule has 6 nitrogen and oxygen atoms in total. The van der Waals surface area contributed by atoms with E-state index >= 15 is 13.2 Å². The largest absolute Gasteiger partial charge is 0.864 e. The maximum atomic E-state index is 15.5. The van der Waals surface area contributed by atoms with E-state index in [4.69, 9.17) is 23.4 Å². The quantitative estimate of drug-likeness (QED) is 0.0518. The van der Waals surface area contributed by atoms with Crippen molar-refractivity contribution in [3.63, 3.8) is 0 Å². The standard InChI is InChI=1S/C40H43BF18NO5/c1-7-13-60(14-8-2,32(9-3)61-11-5)34(10-4,62-12-6)33-30(40(57,58)59)21-27(39(54,55)56)22-31(33)65-41(63-28-17-23(35(42,43)44)15-24(18-28)36(45,46)47)64-29-19-25(37(48,49)50)16-26(20-29)38(51,52)53/h15-22,32H,7-14H2,1-6H3/q+1. The van der Waals surface area contributed by atoms with Gasteiger partial charge in [0.1, 0.15) is 17.2 Å². The van der Waals surface area contributed by atoms with Gasteiger partial charge in [0.2, 0.25) is 5.72 Å². The third-order valence-electron chi connectivity index (χ3n) is 10.0. The Kier molecular flexibility index (Phi) is 17.2. The van der Waals surface area contributed by atoms with Crippen molar-refractivity contribution in [2.45, 2.75) is 116 Å². The van der Waals surface area contributed by atoms with Gasteiger partial charge in [0.25, 0.3) is 0 Å². The number of nitrogens with zero attached hydrogens (tertiary/aromatic N) is 1. The first-order valence-corrected chi connectivity index (χ1v) is 19.7. The number of ether oxygens (including phenoxy) is 2. The summed E-state index contributed by atoms with van der Waals surface area (Å²) in [5, 5.41) is 0. The van der Waals surface area contributed by atoms with Crippen LogP contribution in [0.25, 0.3) is 0 Å². The van der Waals surface area contributed by atoms with Gasteiger partial charge in [-0.1, -0.05) is 27.7 Å². The second kappa shape index (κ2) is 20.3. The van der Waals surface area contributed by atoms with Gasteiger partial charge in [-0.3, -0.25) is 4.48 Å². The predicted octanol–water partition coefficient (Wildman–Crippen LogP) is 14.3. The molecule has 65 heavy (non-hydrogen) atoms. The van der Waals surface area contributed by atoms with E-state index in [0.29, 0.717) is 0 Å². The van der Waals surface area contributed by atoms with Gasteiger partial charge in [0.05, 0.1) is 65.2 Å². The first-order valence-electron chi connectivity index (χ1n) is 19.7. The molecule has 0 heterocycles. The Morgan fingerprint density at radius 1 is 0.477 bits per heavy atom. The number of quaternary nitrogens is 1. The summed E-state index contributed by atoms with van der Waals surface area (Å²) < 4.78 is 285. The zero-order chi connectivity index (χ0) is 49.8. The zero-order valence-corrected chi connectivity index (χ0v) is 35.2. The first-order chi connectivity index (χ1) is 29.7. The van der Waals surface area contributed by atoms with Gasteiger partial charge >= 0.3 is 44.4 Å². The van der Waals surface area contributed by atoms with Crippen LogP contribution in [0.5, 0.6) is 17.2 Å². The lowest BCUT2D eigenvalue weighted by Gasteiger charge is -2.56. The van der Waals surface area contributed by atoms with Crippen molar-refractivity contribution in [3.05, 3.63) is 87.5 Å². The minimum absolute atomic E-state index is 0.0177. The molecule has 3 rings (SSSR count). The number of rotatable bonds is 19. The van der Waals surface area contributed by atoms with E-state index in [1.54, 1.807) is 20.8 Å². The SMILES string of the molecule is CCC[N+](CCC)(C(CC)OCC)C(CC)(OCC)c1c(OB(Oc2cc(C(F)(F)F)cc(C(F)(F)F)c2)Oc2cc(C(F)(F)F)cc(C(F)(F)F)c2)cc(C(F)(F)F)cc1C(F)(F)F. The third-order valence-corrected chi connectivity index (χ3v) is 10.0. The van der Waals surface area contributed by atoms with Gasteiger partial charge in [-0.2, -0.15) is 79.0 Å². The minimum atomic E-state index is -5.80. The molecule has 0 aromatic heterocycles. The van der Waals surface area contributed by atoms with Gasteiger partial charge < -0.3 is 23.4 Å². The smallest absolute Gasteiger partial charge is 0.490 e. The van der Waals surface area contributed by atoms with Gasteiger partial charge in [-0.15, -0.1) is 0 Å². The molecule has 0 saturated carbocycles. The van der Waals surface area contributed by atoms with Gasteiger partial charge in [0, 0.05) is 12.8 Å². The lowest BCUT2D eigenvalue weighted by atomic mass is 9.86. The number of hydrogen-bond acceptors (Lipinski definition) is 5. The van der Waals surface area contributed by atoms with Crippen LogP contribution >= 0.6 is 0 Å². The van der Waals surface area contributed by atoms with Crippen LogP contribution in [0.1, 0.15) is 106 Å². The molecule has 2 unspecified atom stereocenters. The highest BCUT2D eigenvalue weighted by atomic mass is 19.4. The van der Waals surface area contributed by atoms with E-state index in [0.717, 1.165) is 0 Å². The van der Waals surface area contributed by atoms with Crippen LogP contribution in [0.4, 0.5) is 79.0 Å². The van der Waals surface area contributed by atoms with Crippen LogP contribution in [0, 0.1) is 0 Å². The molecule has 0 radical (unpaired) electrons. The first kappa shape index (κ1) is 55.1. The molecule has 0 aliphatic heterocycles. The molecule has 0 spiro atoms. The fourth-order valence-corrected chi connectivity index (χ4v) is 7.74. The monoisotopic (exact) mass is 970 g/mol. The fraction of sp³-hybridized carbons (Fsp3) is 0.550. The molecule has 0 fully saturated rings. The molecular weight excluding hydrogens is 927 g/mol. The molecule has 3 aromatic rings. The Morgan fingerprint density at radius 3 is 1.15 bits per heavy atom. The Bertz CT molecular complexity index is 1900. The van der Waals surface area contributed by atoms with Gasteiger partial charge in [0.15, 0.2) is 6.23 Å². The molecule has 0 aliphatic rings. The highest BCUT2D eigenvalue weighted by Gasteiger charge is 2.61. The normalized spacial score (nSPS) is 14.8. The van der Waals surface area contributed by atoms with Crippen molar-refractivity contribution in [2.75, 3.05) is 26.3 Å². The van der Waals surface area contributed by atoms with Crippen LogP contribution in [-0.2, 0) is 52.3 Å². The zero-order valence-electron chi connectivity index (χ0n) is 35.2. The van der Waals surface area contributed by atoms with E-state index in [9.17, 15) is 65.9 Å². The maximum absolute atomic E-state index is 15.5. The second-order valence-electron chi connectivity index (χ2n) is 14.4. The van der Waals surface area contributed by atoms with Crippen LogP contribution in [0.2, 0.25) is 0 Å². The highest BCUT2D eigenvalue weighted by Crippen LogP contribution is 2.53. The molecule has 366 valence electrons. The fourth-order valence-electron chi connectivity index (χ4n) is 7.74. The van der Waals surface area contributed by atoms with E-state index in [2.05, 4.69) is 0 Å². The summed E-state index contributed by atoms with van der Waals surface area (Å²) in [5.74, 6) is -4.86. The maximum Gasteiger partial charge on any atom is 0.864 e. The minimum Gasteiger partial charge on any atom is -0.490 e. The molecule has 0 saturated heterocycles. The molecule has 25 heteroatoms. The Labute approximate surface area is 361 Å². The molecular formula is C40H43BF18NO5+. The van der Waals surface area contributed by atoms with E-state index in [1.807, 2.05) is 0 Å². The molecule has 3 aromatic carbocycles. The molecule has 0 bridgehead atoms. The highest BCUT2D eigenvalue weighted by molar-refractivity contribution is 6.39. The lowest BCUT2D eigenvalue weighted by molar-refractivity contribution is -1.05. The van der Waals surface area contributed by atoms with Crippen LogP contribution in [0.15, 0.2) is 48.5 Å². The Hall–Kier alpha value is -4.26. The summed E-state index contributed by atoms with van der Waals surface area (Å²) in [5.41, 5.74) is -16.6. The van der Waals surface area contributed by atoms with Crippen molar-refractivity contribution in [3.8, 4) is 17.2 Å². The molecule has 0 aliphatic carbocycles. The number of hydrogen-bond donors (Lipinski definition) is 0. The topological polar surface area (TPSA) is 46.2 Å². The van der Waals surface area contributed by atoms with Gasteiger partial charge in [-0.05, 0) is 75.2 Å². The number of halogens is 18. The molecule has 2 atom stereocenters. The Morgan fingerprint density at radius 2 is 0.862 bits per heavy atom. The summed E-state index contributed by atoms with van der Waals surface area (Å²) in [6, 6.07) is -1.95. The molecule has 0 amide bonds. The van der Waals surface area contributed by atoms with E-state index in [1.165, 1.54) is 20.8 Å². The van der Waals surface area contributed by atoms with Crippen LogP contribution in [0.3, 0.4) is 0 Å². The third kappa shape index (κ3) is 12.8. The second-order valence-corrected chi connectivity index (χ2v) is 14.4. The van der Waals surface area contributed by atoms with Crippen molar-refractivity contribution in [1.29, 1.82) is 0 Å². The van der Waals surface area contributed by atoms with Crippen LogP contribution < -0.4 is 14.0 Å². The van der Waals surface area contributed by atoms with E-state index in [-0.39, 0.29) is 75.4 Å². The Balaban J connectivity index is 2.70. The summed E-state index contributed by atoms with van der Waals surface area (Å²) in [6.45, 7) is 8.07. The van der Waals surface area contributed by atoms with Crippen molar-refractivity contribution in [2.24, 2.45) is 0 Å². The lowest BCUT2D eigenvalue weighted by Crippen LogP contribution is -2.69. The average molecular weight is 971 g/mol. The van der Waals surface area contributed by atoms with Crippen molar-refractivity contribution >= 4 is 7.32 Å². The average Bonchev–Trinajstić information content (AvgIpc) is 3.16. The predicted molar refractivity (Wildman–Crippen MR) is 197 cm³/mol. The number of benzene rings is 3. The summed E-state index contributed by atoms with van der Waals surface area (Å²) in [4.78, 5) is 0. The van der Waals surface area contributed by atoms with Crippen LogP contribution in [-0.4, -0.2) is 44.3 Å². The summed E-state index contributed by atoms with van der Waals surface area (Å²) in [7, 11) is -3.38. The van der Waals surface area contributed by atoms with Crippen molar-refractivity contribution < 1.29 is 107 Å². The molecule has 0 N–H and O–H groups in total. The van der Waals surface area contributed by atoms with Crippen molar-refractivity contribution in [1.82, 2.24) is 0 Å².